The number of hydrogen-bond acceptors (Lipinski definition) is 6. The Morgan fingerprint density at radius 1 is 1.18 bits per heavy atom. The standard InChI is InChI=1S/C25H25N3O4S/c1-13-9-10-15-19(11-13)33-24(22(15)25(31)32-2)28-20(29)12-18-23(30)27-17-8-4-6-14-5-3-7-16(26-18)21(14)17/h3-8,13,18,26H,9-12H2,1-2H3,(H,27,30)(H,28,29)/t13-,18+/m1/s1. The number of carbonyl (C=O) groups is 3. The summed E-state index contributed by atoms with van der Waals surface area (Å²) in [6.45, 7) is 2.19. The predicted molar refractivity (Wildman–Crippen MR) is 130 cm³/mol. The number of amides is 2. The van der Waals surface area contributed by atoms with E-state index < -0.39 is 12.0 Å². The number of ether oxygens (including phenoxy) is 1. The quantitative estimate of drug-likeness (QED) is 0.493. The molecule has 0 saturated heterocycles. The molecular formula is C25H25N3O4S. The number of hydrogen-bond donors (Lipinski definition) is 3. The van der Waals surface area contributed by atoms with Crippen molar-refractivity contribution in [3.8, 4) is 0 Å². The van der Waals surface area contributed by atoms with Crippen molar-refractivity contribution < 1.29 is 19.1 Å². The summed E-state index contributed by atoms with van der Waals surface area (Å²) < 4.78 is 5.00. The fourth-order valence-corrected chi connectivity index (χ4v) is 6.12. The number of nitrogens with one attached hydrogen (secondary N) is 3. The molecule has 170 valence electrons. The lowest BCUT2D eigenvalue weighted by Crippen LogP contribution is -2.36. The summed E-state index contributed by atoms with van der Waals surface area (Å²) in [5.41, 5.74) is 2.95. The van der Waals surface area contributed by atoms with E-state index in [-0.39, 0.29) is 18.2 Å². The minimum Gasteiger partial charge on any atom is -0.465 e. The molecule has 2 aliphatic rings. The number of methoxy groups -OCH3 is 1. The van der Waals surface area contributed by atoms with Gasteiger partial charge in [0.1, 0.15) is 11.0 Å². The van der Waals surface area contributed by atoms with Gasteiger partial charge in [-0.1, -0.05) is 31.2 Å². The van der Waals surface area contributed by atoms with Gasteiger partial charge in [-0.25, -0.2) is 4.79 Å². The van der Waals surface area contributed by atoms with Crippen molar-refractivity contribution in [1.29, 1.82) is 0 Å². The average molecular weight is 464 g/mol. The molecule has 0 fully saturated rings. The first-order valence-corrected chi connectivity index (χ1v) is 11.9. The van der Waals surface area contributed by atoms with E-state index in [0.29, 0.717) is 16.5 Å². The van der Waals surface area contributed by atoms with Gasteiger partial charge in [0.15, 0.2) is 0 Å². The van der Waals surface area contributed by atoms with Crippen LogP contribution < -0.4 is 16.0 Å². The van der Waals surface area contributed by atoms with Crippen LogP contribution in [0.15, 0.2) is 36.4 Å². The number of carbonyl (C=O) groups excluding carboxylic acids is 3. The predicted octanol–water partition coefficient (Wildman–Crippen LogP) is 4.57. The molecule has 2 aromatic carbocycles. The van der Waals surface area contributed by atoms with Crippen molar-refractivity contribution in [3.05, 3.63) is 52.4 Å². The first-order chi connectivity index (χ1) is 15.9. The largest absolute Gasteiger partial charge is 0.465 e. The Hall–Kier alpha value is -3.39. The fraction of sp³-hybridized carbons (Fsp3) is 0.320. The molecule has 33 heavy (non-hydrogen) atoms. The number of rotatable bonds is 4. The van der Waals surface area contributed by atoms with Crippen LogP contribution in [-0.2, 0) is 27.2 Å². The lowest BCUT2D eigenvalue weighted by molar-refractivity contribution is -0.121. The Morgan fingerprint density at radius 2 is 1.94 bits per heavy atom. The van der Waals surface area contributed by atoms with Gasteiger partial charge in [0.25, 0.3) is 0 Å². The van der Waals surface area contributed by atoms with Crippen LogP contribution in [0.3, 0.4) is 0 Å². The van der Waals surface area contributed by atoms with Gasteiger partial charge < -0.3 is 20.7 Å². The molecule has 0 radical (unpaired) electrons. The maximum absolute atomic E-state index is 13.0. The maximum atomic E-state index is 13.0. The van der Waals surface area contributed by atoms with Crippen molar-refractivity contribution >= 4 is 56.3 Å². The molecule has 3 N–H and O–H groups in total. The van der Waals surface area contributed by atoms with Gasteiger partial charge >= 0.3 is 5.97 Å². The molecular weight excluding hydrogens is 438 g/mol. The van der Waals surface area contributed by atoms with Gasteiger partial charge in [-0.15, -0.1) is 11.3 Å². The molecule has 0 bridgehead atoms. The fourth-order valence-electron chi connectivity index (χ4n) is 4.70. The summed E-state index contributed by atoms with van der Waals surface area (Å²) in [4.78, 5) is 39.5. The third-order valence-corrected chi connectivity index (χ3v) is 7.52. The van der Waals surface area contributed by atoms with E-state index in [0.717, 1.165) is 51.9 Å². The van der Waals surface area contributed by atoms with Crippen LogP contribution in [-0.4, -0.2) is 30.9 Å². The number of esters is 1. The SMILES string of the molecule is COC(=O)c1c(NC(=O)C[C@@H]2Nc3cccc4cccc(c34)NC2=O)sc2c1CC[C@@H](C)C2. The van der Waals surface area contributed by atoms with Crippen molar-refractivity contribution in [2.45, 2.75) is 38.6 Å². The van der Waals surface area contributed by atoms with E-state index in [9.17, 15) is 14.4 Å². The van der Waals surface area contributed by atoms with E-state index in [1.165, 1.54) is 18.4 Å². The molecule has 0 spiro atoms. The van der Waals surface area contributed by atoms with Crippen LogP contribution in [0.5, 0.6) is 0 Å². The molecule has 5 rings (SSSR count). The summed E-state index contributed by atoms with van der Waals surface area (Å²) >= 11 is 1.44. The Bertz CT molecular complexity index is 1280. The van der Waals surface area contributed by atoms with E-state index in [1.807, 2.05) is 36.4 Å². The minimum atomic E-state index is -0.751. The maximum Gasteiger partial charge on any atom is 0.341 e. The zero-order chi connectivity index (χ0) is 23.1. The molecule has 0 saturated carbocycles. The topological polar surface area (TPSA) is 96.5 Å². The smallest absolute Gasteiger partial charge is 0.341 e. The van der Waals surface area contributed by atoms with Gasteiger partial charge in [0, 0.05) is 16.0 Å². The first-order valence-electron chi connectivity index (χ1n) is 11.1. The second kappa shape index (κ2) is 8.51. The molecule has 2 amide bonds. The van der Waals surface area contributed by atoms with Gasteiger partial charge in [-0.3, -0.25) is 9.59 Å². The van der Waals surface area contributed by atoms with Crippen molar-refractivity contribution in [1.82, 2.24) is 0 Å². The Morgan fingerprint density at radius 3 is 2.70 bits per heavy atom. The summed E-state index contributed by atoms with van der Waals surface area (Å²) in [5, 5.41) is 11.5. The van der Waals surface area contributed by atoms with Gasteiger partial charge in [-0.05, 0) is 48.3 Å². The van der Waals surface area contributed by atoms with E-state index in [4.69, 9.17) is 4.74 Å². The van der Waals surface area contributed by atoms with Crippen LogP contribution in [0.1, 0.15) is 40.6 Å². The summed E-state index contributed by atoms with van der Waals surface area (Å²) in [5.74, 6) is -0.517. The van der Waals surface area contributed by atoms with Crippen LogP contribution in [0.2, 0.25) is 0 Å². The molecule has 7 nitrogen and oxygen atoms in total. The summed E-state index contributed by atoms with van der Waals surface area (Å²) in [6.07, 6.45) is 2.60. The van der Waals surface area contributed by atoms with Gasteiger partial charge in [0.2, 0.25) is 11.8 Å². The van der Waals surface area contributed by atoms with Crippen LogP contribution in [0, 0.1) is 5.92 Å². The highest BCUT2D eigenvalue weighted by molar-refractivity contribution is 7.17. The third-order valence-electron chi connectivity index (χ3n) is 6.35. The van der Waals surface area contributed by atoms with Crippen molar-refractivity contribution in [3.63, 3.8) is 0 Å². The molecule has 1 aliphatic heterocycles. The number of anilines is 3. The first kappa shape index (κ1) is 21.5. The zero-order valence-electron chi connectivity index (χ0n) is 18.5. The zero-order valence-corrected chi connectivity index (χ0v) is 19.3. The van der Waals surface area contributed by atoms with E-state index >= 15 is 0 Å². The number of benzene rings is 2. The highest BCUT2D eigenvalue weighted by Crippen LogP contribution is 2.40. The monoisotopic (exact) mass is 463 g/mol. The van der Waals surface area contributed by atoms with Crippen molar-refractivity contribution in [2.75, 3.05) is 23.1 Å². The van der Waals surface area contributed by atoms with Gasteiger partial charge in [0.05, 0.1) is 24.8 Å². The summed E-state index contributed by atoms with van der Waals surface area (Å²) in [6, 6.07) is 10.8. The summed E-state index contributed by atoms with van der Waals surface area (Å²) in [7, 11) is 1.35. The molecule has 0 unspecified atom stereocenters. The second-order valence-electron chi connectivity index (χ2n) is 8.70. The Kier molecular flexibility index (Phi) is 5.54. The van der Waals surface area contributed by atoms with E-state index in [1.54, 1.807) is 0 Å². The Balaban J connectivity index is 1.39. The normalized spacial score (nSPS) is 19.2. The van der Waals surface area contributed by atoms with Crippen LogP contribution >= 0.6 is 11.3 Å². The minimum absolute atomic E-state index is 0.0736. The lowest BCUT2D eigenvalue weighted by atomic mass is 9.88. The van der Waals surface area contributed by atoms with Crippen LogP contribution in [0.25, 0.3) is 10.8 Å². The number of thiophene rings is 1. The molecule has 2 heterocycles. The molecule has 3 aromatic rings. The van der Waals surface area contributed by atoms with Crippen LogP contribution in [0.4, 0.5) is 16.4 Å². The van der Waals surface area contributed by atoms with Gasteiger partial charge in [-0.2, -0.15) is 0 Å². The highest BCUT2D eigenvalue weighted by atomic mass is 32.1. The average Bonchev–Trinajstić information content (AvgIpc) is 3.07. The third kappa shape index (κ3) is 3.95. The molecule has 1 aliphatic carbocycles. The molecule has 1 aromatic heterocycles. The molecule has 2 atom stereocenters. The lowest BCUT2D eigenvalue weighted by Gasteiger charge is -2.18. The number of fused-ring (bicyclic) bond motifs is 1. The Labute approximate surface area is 195 Å². The molecule has 8 heteroatoms. The van der Waals surface area contributed by atoms with Crippen molar-refractivity contribution in [2.24, 2.45) is 5.92 Å². The highest BCUT2D eigenvalue weighted by Gasteiger charge is 2.31. The van der Waals surface area contributed by atoms with E-state index in [2.05, 4.69) is 22.9 Å². The second-order valence-corrected chi connectivity index (χ2v) is 9.80.